The summed E-state index contributed by atoms with van der Waals surface area (Å²) in [6.07, 6.45) is 0.203. The first-order valence-corrected chi connectivity index (χ1v) is 16.2. The first kappa shape index (κ1) is 31.7. The van der Waals surface area contributed by atoms with E-state index >= 15 is 0 Å². The molecule has 2 N–H and O–H groups in total. The van der Waals surface area contributed by atoms with Gasteiger partial charge in [-0.25, -0.2) is 4.79 Å². The maximum Gasteiger partial charge on any atom is 0.407 e. The fourth-order valence-corrected chi connectivity index (χ4v) is 6.81. The van der Waals surface area contributed by atoms with E-state index in [0.29, 0.717) is 18.6 Å². The molecule has 8 heteroatoms. The van der Waals surface area contributed by atoms with Gasteiger partial charge in [0.15, 0.2) is 5.78 Å². The van der Waals surface area contributed by atoms with Crippen LogP contribution in [0.5, 0.6) is 0 Å². The van der Waals surface area contributed by atoms with Crippen LogP contribution in [0.1, 0.15) is 71.6 Å². The van der Waals surface area contributed by atoms with Crippen molar-refractivity contribution in [3.05, 3.63) is 95.6 Å². The number of aryl methyl sites for hydroxylation is 1. The largest absolute Gasteiger partial charge is 0.444 e. The number of carbonyl (C=O) groups is 1. The second kappa shape index (κ2) is 12.5. The van der Waals surface area contributed by atoms with Gasteiger partial charge in [-0.1, -0.05) is 92.7 Å². The van der Waals surface area contributed by atoms with Gasteiger partial charge in [-0.15, -0.1) is 0 Å². The highest BCUT2D eigenvalue weighted by Crippen LogP contribution is 2.55. The molecule has 224 valence electrons. The van der Waals surface area contributed by atoms with Crippen molar-refractivity contribution < 1.29 is 23.5 Å². The molecular weight excluding hydrogens is 547 g/mol. The van der Waals surface area contributed by atoms with Gasteiger partial charge in [0.25, 0.3) is 0 Å². The lowest BCUT2D eigenvalue weighted by atomic mass is 9.95. The maximum absolute atomic E-state index is 14.4. The topological polar surface area (TPSA) is 97.2 Å². The van der Waals surface area contributed by atoms with E-state index in [0.717, 1.165) is 27.8 Å². The Morgan fingerprint density at radius 3 is 1.86 bits per heavy atom. The zero-order chi connectivity index (χ0) is 30.7. The molecule has 1 amide bonds. The molecule has 7 nitrogen and oxygen atoms in total. The summed E-state index contributed by atoms with van der Waals surface area (Å²) in [5.74, 6) is -1.36. The summed E-state index contributed by atoms with van der Waals surface area (Å²) >= 11 is 0. The predicted octanol–water partition coefficient (Wildman–Crippen LogP) is 7.99. The molecule has 42 heavy (non-hydrogen) atoms. The van der Waals surface area contributed by atoms with E-state index in [9.17, 15) is 14.3 Å². The van der Waals surface area contributed by atoms with Crippen molar-refractivity contribution in [1.29, 1.82) is 0 Å². The third-order valence-corrected chi connectivity index (χ3v) is 9.53. The fourth-order valence-electron chi connectivity index (χ4n) is 4.87. The van der Waals surface area contributed by atoms with Crippen LogP contribution in [0.2, 0.25) is 0 Å². The van der Waals surface area contributed by atoms with Crippen molar-refractivity contribution in [2.45, 2.75) is 84.3 Å². The zero-order valence-corrected chi connectivity index (χ0v) is 26.5. The second-order valence-electron chi connectivity index (χ2n) is 12.7. The summed E-state index contributed by atoms with van der Waals surface area (Å²) in [6.45, 7) is 12.8. The Morgan fingerprint density at radius 2 is 1.36 bits per heavy atom. The number of carbonyl (C=O) groups excluding carboxylic acids is 1. The second-order valence-corrected chi connectivity index (χ2v) is 14.5. The fraction of sp³-hybridized carbons (Fsp3) is 0.412. The number of aliphatic imine (C=N–C) groups is 1. The van der Waals surface area contributed by atoms with Crippen molar-refractivity contribution in [3.8, 4) is 11.1 Å². The number of hydrogen-bond acceptors (Lipinski definition) is 5. The van der Waals surface area contributed by atoms with Crippen molar-refractivity contribution in [2.75, 3.05) is 0 Å². The van der Waals surface area contributed by atoms with Crippen molar-refractivity contribution in [2.24, 2.45) is 10.9 Å². The molecule has 1 aliphatic carbocycles. The van der Waals surface area contributed by atoms with Gasteiger partial charge < -0.3 is 19.5 Å². The van der Waals surface area contributed by atoms with Crippen LogP contribution in [-0.4, -0.2) is 39.7 Å². The van der Waals surface area contributed by atoms with Gasteiger partial charge in [0.2, 0.25) is 0 Å². The number of amides is 1. The van der Waals surface area contributed by atoms with Gasteiger partial charge in [0.1, 0.15) is 5.60 Å². The number of rotatable bonds is 10. The summed E-state index contributed by atoms with van der Waals surface area (Å²) in [5, 5.41) is 2.91. The lowest BCUT2D eigenvalue weighted by molar-refractivity contribution is 0.0416. The van der Waals surface area contributed by atoms with E-state index in [1.807, 2.05) is 92.7 Å². The Hall–Kier alpha value is -3.25. The van der Waals surface area contributed by atoms with Crippen molar-refractivity contribution in [3.63, 3.8) is 0 Å². The van der Waals surface area contributed by atoms with Gasteiger partial charge >= 0.3 is 13.7 Å². The minimum atomic E-state index is -4.50. The van der Waals surface area contributed by atoms with E-state index < -0.39 is 36.7 Å². The smallest absolute Gasteiger partial charge is 0.407 e. The third-order valence-electron chi connectivity index (χ3n) is 7.66. The molecule has 3 unspecified atom stereocenters. The molecule has 0 heterocycles. The number of alkyl carbamates (subject to hydrolysis) is 1. The number of benzene rings is 3. The number of nitrogens with one attached hydrogen (secondary N) is 1. The molecule has 4 rings (SSSR count). The highest BCUT2D eigenvalue weighted by atomic mass is 31.2. The summed E-state index contributed by atoms with van der Waals surface area (Å²) < 4.78 is 26.1. The number of ether oxygens (including phenoxy) is 1. The average Bonchev–Trinajstić information content (AvgIpc) is 3.22. The molecular formula is C34H43N2O5P. The Morgan fingerprint density at radius 1 is 0.857 bits per heavy atom. The van der Waals surface area contributed by atoms with Gasteiger partial charge in [-0.05, 0) is 70.1 Å². The lowest BCUT2D eigenvalue weighted by Gasteiger charge is -2.36. The molecule has 1 aliphatic rings. The van der Waals surface area contributed by atoms with Crippen LogP contribution in [-0.2, 0) is 20.2 Å². The molecule has 0 saturated carbocycles. The Labute approximate surface area is 249 Å². The summed E-state index contributed by atoms with van der Waals surface area (Å²) in [7, 11) is -4.50. The van der Waals surface area contributed by atoms with E-state index in [1.165, 1.54) is 0 Å². The third kappa shape index (κ3) is 7.57. The number of fused-ring (bicyclic) bond motifs is 3. The van der Waals surface area contributed by atoms with Crippen LogP contribution in [0.3, 0.4) is 0 Å². The van der Waals surface area contributed by atoms with Crippen molar-refractivity contribution in [1.82, 2.24) is 5.32 Å². The van der Waals surface area contributed by atoms with Crippen LogP contribution in [0.4, 0.5) is 4.79 Å². The average molecular weight is 591 g/mol. The van der Waals surface area contributed by atoms with E-state index in [2.05, 4.69) is 5.32 Å². The van der Waals surface area contributed by atoms with Gasteiger partial charge in [-0.2, -0.15) is 0 Å². The Balaban J connectivity index is 1.85. The van der Waals surface area contributed by atoms with E-state index in [4.69, 9.17) is 14.3 Å². The van der Waals surface area contributed by atoms with Crippen LogP contribution in [0, 0.1) is 5.92 Å². The molecule has 0 saturated heterocycles. The molecule has 0 fully saturated rings. The molecule has 3 aromatic carbocycles. The zero-order valence-electron chi connectivity index (χ0n) is 25.6. The number of hydrogen-bond donors (Lipinski definition) is 2. The van der Waals surface area contributed by atoms with Crippen LogP contribution < -0.4 is 5.32 Å². The van der Waals surface area contributed by atoms with Crippen LogP contribution >= 0.6 is 7.60 Å². The SMILES string of the molecule is CC(C)C(C)(C)OP(=O)(O)C(N=C1c2ccccc2-c2ccccc21)C(CCc1ccccc1)NC(=O)OC(C)(C)C. The Kier molecular flexibility index (Phi) is 9.46. The van der Waals surface area contributed by atoms with Gasteiger partial charge in [0.05, 0.1) is 17.4 Å². The molecule has 0 bridgehead atoms. The first-order chi connectivity index (χ1) is 19.7. The highest BCUT2D eigenvalue weighted by Gasteiger charge is 2.45. The number of nitrogens with zero attached hydrogens (tertiary/aromatic N) is 1. The molecule has 0 aromatic heterocycles. The normalized spacial score (nSPS) is 15.8. The predicted molar refractivity (Wildman–Crippen MR) is 169 cm³/mol. The quantitative estimate of drug-likeness (QED) is 0.183. The van der Waals surface area contributed by atoms with Gasteiger partial charge in [-0.3, -0.25) is 9.56 Å². The monoisotopic (exact) mass is 590 g/mol. The lowest BCUT2D eigenvalue weighted by Crippen LogP contribution is -2.46. The molecule has 0 radical (unpaired) electrons. The highest BCUT2D eigenvalue weighted by molar-refractivity contribution is 7.53. The minimum Gasteiger partial charge on any atom is -0.444 e. The maximum atomic E-state index is 14.4. The molecule has 0 aliphatic heterocycles. The summed E-state index contributed by atoms with van der Waals surface area (Å²) in [4.78, 5) is 30.0. The standard InChI is InChI=1S/C34H43N2O5P/c1-23(2)34(6,7)41-42(38,39)31(36-30-27-19-13-11-17-25(27)26-18-12-14-20-28(26)30)29(35-32(37)40-33(3,4)5)22-21-24-15-9-8-10-16-24/h8-20,23,29,31H,21-22H2,1-7H3,(H,35,37)(H,38,39). The van der Waals surface area contributed by atoms with Gasteiger partial charge in [0, 0.05) is 11.1 Å². The molecule has 3 aromatic rings. The summed E-state index contributed by atoms with van der Waals surface area (Å²) in [5.41, 5.74) is 3.69. The summed E-state index contributed by atoms with van der Waals surface area (Å²) in [6, 6.07) is 24.7. The van der Waals surface area contributed by atoms with E-state index in [-0.39, 0.29) is 5.92 Å². The van der Waals surface area contributed by atoms with Crippen LogP contribution in [0.15, 0.2) is 83.9 Å². The van der Waals surface area contributed by atoms with Crippen molar-refractivity contribution >= 4 is 19.4 Å². The molecule has 0 spiro atoms. The first-order valence-electron chi connectivity index (χ1n) is 14.5. The minimum absolute atomic E-state index is 0.0548. The Bertz CT molecular complexity index is 1430. The van der Waals surface area contributed by atoms with E-state index in [1.54, 1.807) is 34.6 Å². The molecule has 3 atom stereocenters. The van der Waals surface area contributed by atoms with Crippen LogP contribution in [0.25, 0.3) is 11.1 Å².